The van der Waals surface area contributed by atoms with Gasteiger partial charge in [0.1, 0.15) is 0 Å². The van der Waals surface area contributed by atoms with Crippen molar-refractivity contribution in [3.05, 3.63) is 17.0 Å². The van der Waals surface area contributed by atoms with Gasteiger partial charge in [0.25, 0.3) is 0 Å². The molecule has 78 valence electrons. The Kier molecular flexibility index (Phi) is 2.35. The molecule has 3 nitrogen and oxygen atoms in total. The van der Waals surface area contributed by atoms with Gasteiger partial charge in [-0.3, -0.25) is 4.68 Å². The van der Waals surface area contributed by atoms with E-state index in [-0.39, 0.29) is 6.10 Å². The van der Waals surface area contributed by atoms with Crippen LogP contribution in [0.4, 0.5) is 0 Å². The minimum atomic E-state index is -0.161. The molecule has 0 amide bonds. The number of nitrogens with zero attached hydrogens (tertiary/aromatic N) is 2. The first-order chi connectivity index (χ1) is 6.59. The highest BCUT2D eigenvalue weighted by molar-refractivity contribution is 5.29. The third-order valence-corrected chi connectivity index (χ3v) is 2.96. The molecule has 0 saturated carbocycles. The molecule has 1 atom stereocenters. The molecule has 1 aliphatic carbocycles. The van der Waals surface area contributed by atoms with Gasteiger partial charge in [0.05, 0.1) is 11.8 Å². The van der Waals surface area contributed by atoms with Gasteiger partial charge in [0.15, 0.2) is 0 Å². The van der Waals surface area contributed by atoms with Gasteiger partial charge in [-0.05, 0) is 39.2 Å². The zero-order valence-electron chi connectivity index (χ0n) is 9.12. The van der Waals surface area contributed by atoms with Crippen molar-refractivity contribution in [2.75, 3.05) is 0 Å². The molecule has 3 heteroatoms. The second-order valence-electron chi connectivity index (χ2n) is 4.45. The average molecular weight is 194 g/mol. The zero-order chi connectivity index (χ0) is 10.3. The van der Waals surface area contributed by atoms with Gasteiger partial charge >= 0.3 is 0 Å². The summed E-state index contributed by atoms with van der Waals surface area (Å²) >= 11 is 0. The van der Waals surface area contributed by atoms with E-state index in [1.165, 1.54) is 11.3 Å². The van der Waals surface area contributed by atoms with Gasteiger partial charge in [0, 0.05) is 18.2 Å². The number of hydrogen-bond donors (Lipinski definition) is 1. The fourth-order valence-electron chi connectivity index (χ4n) is 2.23. The van der Waals surface area contributed by atoms with E-state index in [2.05, 4.69) is 23.6 Å². The van der Waals surface area contributed by atoms with Crippen LogP contribution in [0.15, 0.2) is 0 Å². The molecule has 1 aromatic rings. The summed E-state index contributed by atoms with van der Waals surface area (Å²) in [6.45, 7) is 6.34. The molecule has 0 saturated heterocycles. The molecule has 0 spiro atoms. The van der Waals surface area contributed by atoms with E-state index in [1.807, 2.05) is 6.92 Å². The maximum atomic E-state index is 9.59. The molecule has 1 unspecified atom stereocenters. The normalized spacial score (nSPS) is 21.4. The summed E-state index contributed by atoms with van der Waals surface area (Å²) in [5, 5.41) is 14.1. The summed E-state index contributed by atoms with van der Waals surface area (Å²) in [6.07, 6.45) is 2.47. The van der Waals surface area contributed by atoms with E-state index in [4.69, 9.17) is 0 Å². The Morgan fingerprint density at radius 2 is 2.21 bits per heavy atom. The van der Waals surface area contributed by atoms with Gasteiger partial charge in [-0.25, -0.2) is 0 Å². The van der Waals surface area contributed by atoms with Crippen molar-refractivity contribution in [3.8, 4) is 0 Å². The quantitative estimate of drug-likeness (QED) is 0.737. The number of rotatable bonds is 1. The van der Waals surface area contributed by atoms with E-state index < -0.39 is 0 Å². The van der Waals surface area contributed by atoms with Crippen LogP contribution in [0, 0.1) is 6.92 Å². The molecule has 0 aromatic carbocycles. The molecule has 0 radical (unpaired) electrons. The highest BCUT2D eigenvalue weighted by Gasteiger charge is 2.23. The molecule has 14 heavy (non-hydrogen) atoms. The molecule has 0 bridgehead atoms. The van der Waals surface area contributed by atoms with Crippen LogP contribution >= 0.6 is 0 Å². The van der Waals surface area contributed by atoms with Crippen molar-refractivity contribution in [2.24, 2.45) is 0 Å². The highest BCUT2D eigenvalue weighted by atomic mass is 16.3. The largest absolute Gasteiger partial charge is 0.393 e. The summed E-state index contributed by atoms with van der Waals surface area (Å²) in [6, 6.07) is 0.424. The van der Waals surface area contributed by atoms with Crippen molar-refractivity contribution < 1.29 is 5.11 Å². The van der Waals surface area contributed by atoms with Crippen molar-refractivity contribution >= 4 is 0 Å². The average Bonchev–Trinajstić information content (AvgIpc) is 2.44. The Morgan fingerprint density at radius 3 is 2.86 bits per heavy atom. The van der Waals surface area contributed by atoms with Crippen molar-refractivity contribution in [1.82, 2.24) is 9.78 Å². The lowest BCUT2D eigenvalue weighted by molar-refractivity contribution is 0.157. The standard InChI is InChI=1S/C11H18N2O/c1-7(2)13-11-5-4-9(14)6-10(11)8(3)12-13/h7,9,14H,4-6H2,1-3H3. The Labute approximate surface area is 84.7 Å². The Bertz CT molecular complexity index is 341. The highest BCUT2D eigenvalue weighted by Crippen LogP contribution is 2.26. The van der Waals surface area contributed by atoms with Crippen molar-refractivity contribution in [1.29, 1.82) is 0 Å². The molecule has 1 aromatic heterocycles. The van der Waals surface area contributed by atoms with Crippen LogP contribution in [0.2, 0.25) is 0 Å². The first-order valence-corrected chi connectivity index (χ1v) is 5.34. The number of aryl methyl sites for hydroxylation is 1. The molecule has 2 rings (SSSR count). The molecule has 1 aliphatic rings. The third kappa shape index (κ3) is 1.46. The third-order valence-electron chi connectivity index (χ3n) is 2.96. The second-order valence-corrected chi connectivity index (χ2v) is 4.45. The van der Waals surface area contributed by atoms with E-state index in [9.17, 15) is 5.11 Å². The monoisotopic (exact) mass is 194 g/mol. The summed E-state index contributed by atoms with van der Waals surface area (Å²) in [5.41, 5.74) is 3.70. The molecule has 1 heterocycles. The van der Waals surface area contributed by atoms with E-state index in [0.29, 0.717) is 6.04 Å². The van der Waals surface area contributed by atoms with E-state index >= 15 is 0 Å². The van der Waals surface area contributed by atoms with Gasteiger partial charge in [-0.2, -0.15) is 5.10 Å². The fraction of sp³-hybridized carbons (Fsp3) is 0.727. The van der Waals surface area contributed by atoms with Gasteiger partial charge in [0.2, 0.25) is 0 Å². The minimum absolute atomic E-state index is 0.161. The summed E-state index contributed by atoms with van der Waals surface area (Å²) in [4.78, 5) is 0. The molecular weight excluding hydrogens is 176 g/mol. The van der Waals surface area contributed by atoms with Crippen molar-refractivity contribution in [3.63, 3.8) is 0 Å². The predicted octanol–water partition coefficient (Wildman–Crippen LogP) is 1.62. The van der Waals surface area contributed by atoms with Crippen LogP contribution < -0.4 is 0 Å². The van der Waals surface area contributed by atoms with E-state index in [1.54, 1.807) is 0 Å². The maximum Gasteiger partial charge on any atom is 0.0629 e. The fourth-order valence-corrected chi connectivity index (χ4v) is 2.23. The van der Waals surface area contributed by atoms with Crippen LogP contribution in [0.25, 0.3) is 0 Å². The van der Waals surface area contributed by atoms with Crippen molar-refractivity contribution in [2.45, 2.75) is 52.2 Å². The second kappa shape index (κ2) is 3.39. The number of aromatic nitrogens is 2. The van der Waals surface area contributed by atoms with Crippen LogP contribution in [0.3, 0.4) is 0 Å². The molecule has 0 aliphatic heterocycles. The number of hydrogen-bond acceptors (Lipinski definition) is 2. The zero-order valence-corrected chi connectivity index (χ0v) is 9.12. The molecule has 0 fully saturated rings. The number of aliphatic hydroxyl groups is 1. The van der Waals surface area contributed by atoms with Gasteiger partial charge in [-0.1, -0.05) is 0 Å². The van der Waals surface area contributed by atoms with E-state index in [0.717, 1.165) is 25.0 Å². The lowest BCUT2D eigenvalue weighted by Gasteiger charge is -2.20. The number of aliphatic hydroxyl groups excluding tert-OH is 1. The SMILES string of the molecule is Cc1nn(C(C)C)c2c1CC(O)CC2. The summed E-state index contributed by atoms with van der Waals surface area (Å²) in [5.74, 6) is 0. The predicted molar refractivity (Wildman–Crippen MR) is 55.4 cm³/mol. The first-order valence-electron chi connectivity index (χ1n) is 5.34. The number of fused-ring (bicyclic) bond motifs is 1. The Hall–Kier alpha value is -0.830. The Balaban J connectivity index is 2.44. The van der Waals surface area contributed by atoms with Gasteiger partial charge in [-0.15, -0.1) is 0 Å². The molecule has 1 N–H and O–H groups in total. The topological polar surface area (TPSA) is 38.0 Å². The minimum Gasteiger partial charge on any atom is -0.393 e. The van der Waals surface area contributed by atoms with Gasteiger partial charge < -0.3 is 5.11 Å². The van der Waals surface area contributed by atoms with Crippen LogP contribution in [0.5, 0.6) is 0 Å². The van der Waals surface area contributed by atoms with Crippen LogP contribution in [-0.4, -0.2) is 21.0 Å². The smallest absolute Gasteiger partial charge is 0.0629 e. The lowest BCUT2D eigenvalue weighted by atomic mass is 9.93. The first kappa shape index (κ1) is 9.71. The lowest BCUT2D eigenvalue weighted by Crippen LogP contribution is -2.20. The summed E-state index contributed by atoms with van der Waals surface area (Å²) in [7, 11) is 0. The van der Waals surface area contributed by atoms with Crippen LogP contribution in [-0.2, 0) is 12.8 Å². The maximum absolute atomic E-state index is 9.59. The van der Waals surface area contributed by atoms with Crippen LogP contribution in [0.1, 0.15) is 43.3 Å². The summed E-state index contributed by atoms with van der Waals surface area (Å²) < 4.78 is 2.11. The Morgan fingerprint density at radius 1 is 1.50 bits per heavy atom. The molecular formula is C11H18N2O.